The minimum atomic E-state index is -0.612. The molecule has 0 aliphatic heterocycles. The fraction of sp³-hybridized carbons (Fsp3) is 0.133. The summed E-state index contributed by atoms with van der Waals surface area (Å²) in [7, 11) is 0. The van der Waals surface area contributed by atoms with Gasteiger partial charge in [-0.2, -0.15) is 0 Å². The minimum Gasteiger partial charge on any atom is -0.508 e. The van der Waals surface area contributed by atoms with Crippen molar-refractivity contribution in [1.29, 1.82) is 0 Å². The summed E-state index contributed by atoms with van der Waals surface area (Å²) in [4.78, 5) is 11.9. The zero-order chi connectivity index (χ0) is 13.8. The second-order valence-electron chi connectivity index (χ2n) is 4.22. The molecule has 0 spiro atoms. The highest BCUT2D eigenvalue weighted by Gasteiger charge is 2.17. The van der Waals surface area contributed by atoms with Crippen LogP contribution in [0.5, 0.6) is 11.5 Å². The Labute approximate surface area is 110 Å². The highest BCUT2D eigenvalue weighted by molar-refractivity contribution is 5.94. The van der Waals surface area contributed by atoms with Crippen molar-refractivity contribution in [1.82, 2.24) is 0 Å². The molecule has 0 heterocycles. The van der Waals surface area contributed by atoms with Crippen LogP contribution in [0, 0.1) is 6.92 Å². The Kier molecular flexibility index (Phi) is 3.71. The largest absolute Gasteiger partial charge is 0.508 e. The molecule has 0 aromatic heterocycles. The highest BCUT2D eigenvalue weighted by Crippen LogP contribution is 2.27. The molecule has 0 radical (unpaired) electrons. The number of hydrogen-bond donors (Lipinski definition) is 2. The second-order valence-corrected chi connectivity index (χ2v) is 4.22. The third-order valence-corrected chi connectivity index (χ3v) is 2.72. The van der Waals surface area contributed by atoms with Crippen LogP contribution >= 0.6 is 0 Å². The molecule has 0 fully saturated rings. The average Bonchev–Trinajstić information content (AvgIpc) is 2.36. The summed E-state index contributed by atoms with van der Waals surface area (Å²) in [6.07, 6.45) is 0. The van der Waals surface area contributed by atoms with E-state index in [0.29, 0.717) is 5.56 Å². The van der Waals surface area contributed by atoms with Crippen LogP contribution in [0.4, 0.5) is 0 Å². The lowest BCUT2D eigenvalue weighted by Crippen LogP contribution is -2.07. The van der Waals surface area contributed by atoms with Gasteiger partial charge in [0.2, 0.25) is 0 Å². The molecule has 0 amide bonds. The second kappa shape index (κ2) is 5.44. The zero-order valence-electron chi connectivity index (χ0n) is 10.5. The monoisotopic (exact) mass is 258 g/mol. The van der Waals surface area contributed by atoms with Gasteiger partial charge in [-0.25, -0.2) is 4.79 Å². The first-order chi connectivity index (χ1) is 9.08. The summed E-state index contributed by atoms with van der Waals surface area (Å²) < 4.78 is 5.14. The normalized spacial score (nSPS) is 10.2. The van der Waals surface area contributed by atoms with E-state index in [0.717, 1.165) is 11.6 Å². The van der Waals surface area contributed by atoms with Crippen molar-refractivity contribution < 1.29 is 19.7 Å². The molecule has 4 heteroatoms. The van der Waals surface area contributed by atoms with Crippen LogP contribution < -0.4 is 0 Å². The average molecular weight is 258 g/mol. The molecule has 0 aliphatic carbocycles. The van der Waals surface area contributed by atoms with Crippen LogP contribution in [0.25, 0.3) is 0 Å². The summed E-state index contributed by atoms with van der Waals surface area (Å²) >= 11 is 0. The topological polar surface area (TPSA) is 66.8 Å². The molecular weight excluding hydrogens is 244 g/mol. The Balaban J connectivity index is 2.13. The summed E-state index contributed by atoms with van der Waals surface area (Å²) in [5.74, 6) is -0.982. The van der Waals surface area contributed by atoms with Gasteiger partial charge < -0.3 is 14.9 Å². The third-order valence-electron chi connectivity index (χ3n) is 2.72. The van der Waals surface area contributed by atoms with Crippen LogP contribution in [0.1, 0.15) is 21.5 Å². The number of carbonyl (C=O) groups excluding carboxylic acids is 1. The maximum absolute atomic E-state index is 11.9. The fourth-order valence-corrected chi connectivity index (χ4v) is 1.81. The van der Waals surface area contributed by atoms with E-state index in [1.54, 1.807) is 6.92 Å². The standard InChI is InChI=1S/C15H14O4/c1-10-7-12(16)8-13(17)14(10)15(18)19-9-11-5-3-2-4-6-11/h2-8,16-17H,9H2,1H3. The van der Waals surface area contributed by atoms with Crippen molar-refractivity contribution in [2.75, 3.05) is 0 Å². The van der Waals surface area contributed by atoms with Crippen LogP contribution in [-0.4, -0.2) is 16.2 Å². The summed E-state index contributed by atoms with van der Waals surface area (Å²) in [6.45, 7) is 1.76. The van der Waals surface area contributed by atoms with Gasteiger partial charge >= 0.3 is 5.97 Å². The lowest BCUT2D eigenvalue weighted by molar-refractivity contribution is 0.0468. The molecular formula is C15H14O4. The Morgan fingerprint density at radius 1 is 1.16 bits per heavy atom. The smallest absolute Gasteiger partial charge is 0.342 e. The molecule has 0 bridgehead atoms. The summed E-state index contributed by atoms with van der Waals surface area (Å²) in [6, 6.07) is 11.8. The van der Waals surface area contributed by atoms with Gasteiger partial charge in [-0.1, -0.05) is 30.3 Å². The maximum atomic E-state index is 11.9. The van der Waals surface area contributed by atoms with Crippen molar-refractivity contribution in [2.45, 2.75) is 13.5 Å². The molecule has 0 saturated heterocycles. The van der Waals surface area contributed by atoms with Crippen molar-refractivity contribution in [2.24, 2.45) is 0 Å². The molecule has 2 rings (SSSR count). The van der Waals surface area contributed by atoms with E-state index in [4.69, 9.17) is 4.74 Å². The number of hydrogen-bond acceptors (Lipinski definition) is 4. The molecule has 19 heavy (non-hydrogen) atoms. The van der Waals surface area contributed by atoms with E-state index in [1.165, 1.54) is 6.07 Å². The van der Waals surface area contributed by atoms with E-state index in [-0.39, 0.29) is 23.7 Å². The molecule has 2 N–H and O–H groups in total. The lowest BCUT2D eigenvalue weighted by Gasteiger charge is -2.09. The number of aromatic hydroxyl groups is 2. The van der Waals surface area contributed by atoms with Crippen LogP contribution in [-0.2, 0) is 11.3 Å². The van der Waals surface area contributed by atoms with Crippen molar-refractivity contribution in [3.8, 4) is 11.5 Å². The van der Waals surface area contributed by atoms with E-state index in [9.17, 15) is 15.0 Å². The number of carbonyl (C=O) groups is 1. The number of esters is 1. The number of phenolic OH excluding ortho intramolecular Hbond substituents is 2. The van der Waals surface area contributed by atoms with Gasteiger partial charge in [0.05, 0.1) is 0 Å². The minimum absolute atomic E-state index is 0.0775. The number of ether oxygens (including phenoxy) is 1. The number of aryl methyl sites for hydroxylation is 1. The van der Waals surface area contributed by atoms with Crippen LogP contribution in [0.3, 0.4) is 0 Å². The Bertz CT molecular complexity index is 567. The van der Waals surface area contributed by atoms with Crippen LogP contribution in [0.2, 0.25) is 0 Å². The van der Waals surface area contributed by atoms with E-state index in [2.05, 4.69) is 0 Å². The number of phenols is 2. The van der Waals surface area contributed by atoms with Crippen molar-refractivity contribution >= 4 is 5.97 Å². The first kappa shape index (κ1) is 13.0. The van der Waals surface area contributed by atoms with Crippen LogP contribution in [0.15, 0.2) is 42.5 Å². The fourth-order valence-electron chi connectivity index (χ4n) is 1.81. The number of benzene rings is 2. The summed E-state index contributed by atoms with van der Waals surface area (Å²) in [5.41, 5.74) is 1.41. The first-order valence-electron chi connectivity index (χ1n) is 5.81. The van der Waals surface area contributed by atoms with Gasteiger partial charge in [-0.3, -0.25) is 0 Å². The number of rotatable bonds is 3. The highest BCUT2D eigenvalue weighted by atomic mass is 16.5. The van der Waals surface area contributed by atoms with Crippen molar-refractivity contribution in [3.05, 3.63) is 59.2 Å². The SMILES string of the molecule is Cc1cc(O)cc(O)c1C(=O)OCc1ccccc1. The van der Waals surface area contributed by atoms with Gasteiger partial charge in [0, 0.05) is 6.07 Å². The maximum Gasteiger partial charge on any atom is 0.342 e. The molecule has 0 unspecified atom stereocenters. The van der Waals surface area contributed by atoms with Gasteiger partial charge in [0.25, 0.3) is 0 Å². The molecule has 0 aliphatic rings. The Morgan fingerprint density at radius 2 is 1.84 bits per heavy atom. The molecule has 2 aromatic carbocycles. The lowest BCUT2D eigenvalue weighted by atomic mass is 10.1. The molecule has 4 nitrogen and oxygen atoms in total. The van der Waals surface area contributed by atoms with E-state index < -0.39 is 5.97 Å². The molecule has 2 aromatic rings. The quantitative estimate of drug-likeness (QED) is 0.831. The predicted molar refractivity (Wildman–Crippen MR) is 70.1 cm³/mol. The zero-order valence-corrected chi connectivity index (χ0v) is 10.5. The molecule has 98 valence electrons. The predicted octanol–water partition coefficient (Wildman–Crippen LogP) is 2.76. The van der Waals surface area contributed by atoms with E-state index >= 15 is 0 Å². The molecule has 0 atom stereocenters. The van der Waals surface area contributed by atoms with Crippen molar-refractivity contribution in [3.63, 3.8) is 0 Å². The van der Waals surface area contributed by atoms with Gasteiger partial charge in [0.15, 0.2) is 0 Å². The Hall–Kier alpha value is -2.49. The third kappa shape index (κ3) is 3.04. The molecule has 0 saturated carbocycles. The Morgan fingerprint density at radius 3 is 2.47 bits per heavy atom. The van der Waals surface area contributed by atoms with E-state index in [1.807, 2.05) is 30.3 Å². The summed E-state index contributed by atoms with van der Waals surface area (Å²) in [5, 5.41) is 19.0. The first-order valence-corrected chi connectivity index (χ1v) is 5.81. The van der Waals surface area contributed by atoms with Gasteiger partial charge in [-0.05, 0) is 24.1 Å². The van der Waals surface area contributed by atoms with Gasteiger partial charge in [0.1, 0.15) is 23.7 Å². The van der Waals surface area contributed by atoms with Gasteiger partial charge in [-0.15, -0.1) is 0 Å².